The molecule has 2 heterocycles. The quantitative estimate of drug-likeness (QED) is 0.696. The Labute approximate surface area is 102 Å². The average molecular weight is 246 g/mol. The fraction of sp³-hybridized carbons (Fsp3) is 0. The van der Waals surface area contributed by atoms with Crippen molar-refractivity contribution in [1.29, 1.82) is 0 Å². The number of furan rings is 1. The Morgan fingerprint density at radius 1 is 1.12 bits per heavy atom. The first-order valence-electron chi connectivity index (χ1n) is 5.05. The van der Waals surface area contributed by atoms with Crippen LogP contribution in [-0.4, -0.2) is 15.0 Å². The van der Waals surface area contributed by atoms with Gasteiger partial charge in [0.05, 0.1) is 12.5 Å². The maximum Gasteiger partial charge on any atom is 0.221 e. The van der Waals surface area contributed by atoms with Crippen molar-refractivity contribution in [2.75, 3.05) is 0 Å². The van der Waals surface area contributed by atoms with Gasteiger partial charge in [0.2, 0.25) is 5.88 Å². The van der Waals surface area contributed by atoms with Gasteiger partial charge in [0, 0.05) is 16.7 Å². The number of benzene rings is 1. The van der Waals surface area contributed by atoms with Gasteiger partial charge in [0.1, 0.15) is 5.69 Å². The molecule has 0 amide bonds. The van der Waals surface area contributed by atoms with E-state index in [1.165, 1.54) is 0 Å². The zero-order valence-corrected chi connectivity index (χ0v) is 9.50. The third-order valence-electron chi connectivity index (χ3n) is 2.37. The van der Waals surface area contributed by atoms with Gasteiger partial charge in [0.15, 0.2) is 0 Å². The Balaban J connectivity index is 1.98. The predicted molar refractivity (Wildman–Crippen MR) is 64.1 cm³/mol. The van der Waals surface area contributed by atoms with Gasteiger partial charge in [0.25, 0.3) is 0 Å². The normalized spacial score (nSPS) is 10.6. The van der Waals surface area contributed by atoms with Crippen LogP contribution in [0.15, 0.2) is 53.3 Å². The minimum absolute atomic E-state index is 0.637. The lowest BCUT2D eigenvalue weighted by molar-refractivity contribution is 0.517. The molecule has 0 aliphatic heterocycles. The van der Waals surface area contributed by atoms with Gasteiger partial charge in [-0.15, -0.1) is 5.10 Å². The Hall–Kier alpha value is -2.07. The minimum Gasteiger partial charge on any atom is -0.447 e. The van der Waals surface area contributed by atoms with Crippen molar-refractivity contribution in [2.45, 2.75) is 0 Å². The lowest BCUT2D eigenvalue weighted by Crippen LogP contribution is -1.91. The van der Waals surface area contributed by atoms with Gasteiger partial charge >= 0.3 is 0 Å². The summed E-state index contributed by atoms with van der Waals surface area (Å²) in [5, 5.41) is 8.78. The lowest BCUT2D eigenvalue weighted by atomic mass is 10.2. The van der Waals surface area contributed by atoms with E-state index in [1.807, 2.05) is 36.5 Å². The number of hydrogen-bond acceptors (Lipinski definition) is 3. The molecule has 0 fully saturated rings. The number of rotatable bonds is 2. The maximum atomic E-state index is 5.83. The zero-order chi connectivity index (χ0) is 11.7. The highest BCUT2D eigenvalue weighted by Crippen LogP contribution is 2.20. The minimum atomic E-state index is 0.637. The van der Waals surface area contributed by atoms with Gasteiger partial charge in [-0.2, -0.15) is 4.68 Å². The summed E-state index contributed by atoms with van der Waals surface area (Å²) in [6.45, 7) is 0. The number of halogens is 1. The second kappa shape index (κ2) is 4.07. The smallest absolute Gasteiger partial charge is 0.221 e. The van der Waals surface area contributed by atoms with Crippen LogP contribution in [0.4, 0.5) is 0 Å². The molecule has 0 unspecified atom stereocenters. The van der Waals surface area contributed by atoms with Gasteiger partial charge in [-0.25, -0.2) is 0 Å². The van der Waals surface area contributed by atoms with Crippen LogP contribution in [0.5, 0.6) is 0 Å². The largest absolute Gasteiger partial charge is 0.447 e. The summed E-state index contributed by atoms with van der Waals surface area (Å²) >= 11 is 5.83. The summed E-state index contributed by atoms with van der Waals surface area (Å²) in [7, 11) is 0. The van der Waals surface area contributed by atoms with Crippen molar-refractivity contribution in [3.05, 3.63) is 53.9 Å². The summed E-state index contributed by atoms with van der Waals surface area (Å²) < 4.78 is 6.81. The highest BCUT2D eigenvalue weighted by Gasteiger charge is 2.06. The standard InChI is InChI=1S/C12H8ClN3O/c13-10-5-3-9(4-6-10)11-8-16(15-14-11)12-2-1-7-17-12/h1-8H. The fourth-order valence-electron chi connectivity index (χ4n) is 1.52. The van der Waals surface area contributed by atoms with Crippen LogP contribution in [0, 0.1) is 0 Å². The molecule has 0 bridgehead atoms. The highest BCUT2D eigenvalue weighted by atomic mass is 35.5. The fourth-order valence-corrected chi connectivity index (χ4v) is 1.65. The molecule has 0 atom stereocenters. The Morgan fingerprint density at radius 3 is 2.65 bits per heavy atom. The molecule has 3 aromatic rings. The second-order valence-electron chi connectivity index (χ2n) is 3.51. The van der Waals surface area contributed by atoms with Crippen molar-refractivity contribution in [2.24, 2.45) is 0 Å². The molecule has 1 aromatic carbocycles. The Bertz CT molecular complexity index is 614. The van der Waals surface area contributed by atoms with Gasteiger partial charge in [-0.05, 0) is 18.2 Å². The van der Waals surface area contributed by atoms with Gasteiger partial charge in [-0.3, -0.25) is 0 Å². The van der Waals surface area contributed by atoms with Gasteiger partial charge in [-0.1, -0.05) is 28.9 Å². The van der Waals surface area contributed by atoms with E-state index in [1.54, 1.807) is 17.0 Å². The molecule has 0 aliphatic carbocycles. The Morgan fingerprint density at radius 2 is 1.94 bits per heavy atom. The summed E-state index contributed by atoms with van der Waals surface area (Å²) in [6, 6.07) is 11.1. The second-order valence-corrected chi connectivity index (χ2v) is 3.94. The Kier molecular flexibility index (Phi) is 2.42. The molecule has 3 rings (SSSR count). The van der Waals surface area contributed by atoms with Crippen LogP contribution in [0.3, 0.4) is 0 Å². The molecule has 0 spiro atoms. The molecular formula is C12H8ClN3O. The van der Waals surface area contributed by atoms with Crippen molar-refractivity contribution < 1.29 is 4.42 Å². The van der Waals surface area contributed by atoms with Crippen LogP contribution in [0.25, 0.3) is 17.1 Å². The molecule has 2 aromatic heterocycles. The molecule has 0 saturated heterocycles. The zero-order valence-electron chi connectivity index (χ0n) is 8.75. The molecule has 5 heteroatoms. The number of aromatic nitrogens is 3. The lowest BCUT2D eigenvalue weighted by Gasteiger charge is -1.94. The van der Waals surface area contributed by atoms with Crippen LogP contribution in [0.2, 0.25) is 5.02 Å². The first kappa shape index (κ1) is 10.1. The maximum absolute atomic E-state index is 5.83. The average Bonchev–Trinajstić information content (AvgIpc) is 3.00. The van der Waals surface area contributed by atoms with E-state index in [0.717, 1.165) is 11.3 Å². The number of nitrogens with zero attached hydrogens (tertiary/aromatic N) is 3. The monoisotopic (exact) mass is 245 g/mol. The van der Waals surface area contributed by atoms with Crippen molar-refractivity contribution in [3.8, 4) is 17.1 Å². The van der Waals surface area contributed by atoms with Crippen molar-refractivity contribution >= 4 is 11.6 Å². The topological polar surface area (TPSA) is 43.9 Å². The van der Waals surface area contributed by atoms with Crippen LogP contribution >= 0.6 is 11.6 Å². The molecule has 0 N–H and O–H groups in total. The molecular weight excluding hydrogens is 238 g/mol. The molecule has 0 aliphatic rings. The highest BCUT2D eigenvalue weighted by molar-refractivity contribution is 6.30. The van der Waals surface area contributed by atoms with E-state index < -0.39 is 0 Å². The van der Waals surface area contributed by atoms with Gasteiger partial charge < -0.3 is 4.42 Å². The first-order valence-corrected chi connectivity index (χ1v) is 5.43. The first-order chi connectivity index (χ1) is 8.33. The van der Waals surface area contributed by atoms with Crippen LogP contribution in [-0.2, 0) is 0 Å². The molecule has 17 heavy (non-hydrogen) atoms. The molecule has 4 nitrogen and oxygen atoms in total. The summed E-state index contributed by atoms with van der Waals surface area (Å²) in [6.07, 6.45) is 3.40. The molecule has 0 saturated carbocycles. The summed E-state index contributed by atoms with van der Waals surface area (Å²) in [5.41, 5.74) is 1.74. The third-order valence-corrected chi connectivity index (χ3v) is 2.62. The van der Waals surface area contributed by atoms with Crippen LogP contribution in [0.1, 0.15) is 0 Å². The van der Waals surface area contributed by atoms with E-state index in [2.05, 4.69) is 10.3 Å². The van der Waals surface area contributed by atoms with E-state index in [4.69, 9.17) is 16.0 Å². The van der Waals surface area contributed by atoms with E-state index in [9.17, 15) is 0 Å². The van der Waals surface area contributed by atoms with Crippen molar-refractivity contribution in [3.63, 3.8) is 0 Å². The SMILES string of the molecule is Clc1ccc(-c2cn(-c3ccco3)nn2)cc1. The van der Waals surface area contributed by atoms with Crippen molar-refractivity contribution in [1.82, 2.24) is 15.0 Å². The third kappa shape index (κ3) is 1.94. The molecule has 0 radical (unpaired) electrons. The predicted octanol–water partition coefficient (Wildman–Crippen LogP) is 3.18. The number of hydrogen-bond donors (Lipinski definition) is 0. The summed E-state index contributed by atoms with van der Waals surface area (Å²) in [5.74, 6) is 0.637. The van der Waals surface area contributed by atoms with Crippen LogP contribution < -0.4 is 0 Å². The summed E-state index contributed by atoms with van der Waals surface area (Å²) in [4.78, 5) is 0. The van der Waals surface area contributed by atoms with E-state index >= 15 is 0 Å². The molecule has 84 valence electrons. The van der Waals surface area contributed by atoms with E-state index in [0.29, 0.717) is 10.9 Å². The van der Waals surface area contributed by atoms with E-state index in [-0.39, 0.29) is 0 Å².